The van der Waals surface area contributed by atoms with Crippen LogP contribution in [0.25, 0.3) is 16.9 Å². The van der Waals surface area contributed by atoms with Gasteiger partial charge in [-0.15, -0.1) is 11.8 Å². The molecule has 0 saturated heterocycles. The monoisotopic (exact) mass is 548 g/mol. The zero-order chi connectivity index (χ0) is 27.1. The van der Waals surface area contributed by atoms with Crippen LogP contribution in [0.15, 0.2) is 72.8 Å². The summed E-state index contributed by atoms with van der Waals surface area (Å²) in [5.74, 6) is -2.35. The quantitative estimate of drug-likeness (QED) is 0.350. The molecule has 1 aliphatic carbocycles. The lowest BCUT2D eigenvalue weighted by Gasteiger charge is -2.23. The van der Waals surface area contributed by atoms with E-state index in [2.05, 4.69) is 5.32 Å². The van der Waals surface area contributed by atoms with Gasteiger partial charge in [0.2, 0.25) is 11.8 Å². The van der Waals surface area contributed by atoms with E-state index in [1.807, 2.05) is 30.3 Å². The molecule has 0 radical (unpaired) electrons. The molecule has 1 atom stereocenters. The summed E-state index contributed by atoms with van der Waals surface area (Å²) in [6.45, 7) is -0.261. The fourth-order valence-corrected chi connectivity index (χ4v) is 5.91. The molecule has 39 heavy (non-hydrogen) atoms. The number of aromatic nitrogens is 2. The summed E-state index contributed by atoms with van der Waals surface area (Å²) in [5.41, 5.74) is 2.33. The summed E-state index contributed by atoms with van der Waals surface area (Å²) in [6, 6.07) is 18.3. The Morgan fingerprint density at radius 2 is 1.69 bits per heavy atom. The van der Waals surface area contributed by atoms with Crippen molar-refractivity contribution >= 4 is 29.4 Å². The number of carbonyl (C=O) groups excluding carboxylic acids is 2. The summed E-state index contributed by atoms with van der Waals surface area (Å²) in [7, 11) is 0. The number of rotatable bonds is 6. The van der Waals surface area contributed by atoms with Crippen LogP contribution in [-0.2, 0) is 9.59 Å². The second kappa shape index (κ2) is 10.3. The highest BCUT2D eigenvalue weighted by Gasteiger charge is 2.39. The Bertz CT molecular complexity index is 1560. The average Bonchev–Trinajstić information content (AvgIpc) is 3.68. The van der Waals surface area contributed by atoms with Gasteiger partial charge in [0, 0.05) is 28.8 Å². The van der Waals surface area contributed by atoms with Crippen molar-refractivity contribution in [3.05, 3.63) is 101 Å². The average molecular weight is 549 g/mol. The second-order valence-electron chi connectivity index (χ2n) is 9.52. The highest BCUT2D eigenvalue weighted by molar-refractivity contribution is 8.00. The van der Waals surface area contributed by atoms with E-state index in [-0.39, 0.29) is 41.5 Å². The lowest BCUT2D eigenvalue weighted by atomic mass is 9.99. The van der Waals surface area contributed by atoms with Crippen LogP contribution in [0.1, 0.15) is 29.2 Å². The van der Waals surface area contributed by atoms with E-state index in [1.165, 1.54) is 57.7 Å². The van der Waals surface area contributed by atoms with Crippen LogP contribution in [0, 0.1) is 17.5 Å². The highest BCUT2D eigenvalue weighted by atomic mass is 32.2. The molecule has 1 aliphatic heterocycles. The smallest absolute Gasteiger partial charge is 0.240 e. The molecule has 10 heteroatoms. The van der Waals surface area contributed by atoms with Crippen molar-refractivity contribution < 1.29 is 22.8 Å². The largest absolute Gasteiger partial charge is 0.352 e. The molecule has 2 heterocycles. The Balaban J connectivity index is 1.61. The van der Waals surface area contributed by atoms with Gasteiger partial charge in [-0.05, 0) is 43.2 Å². The van der Waals surface area contributed by atoms with Crippen LogP contribution in [-0.4, -0.2) is 39.9 Å². The number of amides is 2. The Labute approximate surface area is 226 Å². The molecule has 6 rings (SSSR count). The van der Waals surface area contributed by atoms with Crippen molar-refractivity contribution in [1.29, 1.82) is 0 Å². The summed E-state index contributed by atoms with van der Waals surface area (Å²) in [6.07, 6.45) is 1.77. The highest BCUT2D eigenvalue weighted by Crippen LogP contribution is 2.49. The van der Waals surface area contributed by atoms with Gasteiger partial charge in [0.05, 0.1) is 22.4 Å². The normalized spacial score (nSPS) is 17.1. The predicted octanol–water partition coefficient (Wildman–Crippen LogP) is 5.40. The van der Waals surface area contributed by atoms with E-state index in [4.69, 9.17) is 5.10 Å². The molecule has 198 valence electrons. The molecule has 1 unspecified atom stereocenters. The minimum absolute atomic E-state index is 0.0511. The number of nitrogens with one attached hydrogen (secondary N) is 1. The Morgan fingerprint density at radius 3 is 2.38 bits per heavy atom. The number of hydrogen-bond donors (Lipinski definition) is 1. The summed E-state index contributed by atoms with van der Waals surface area (Å²) >= 11 is 1.19. The van der Waals surface area contributed by atoms with E-state index in [9.17, 15) is 18.4 Å². The zero-order valence-electron chi connectivity index (χ0n) is 20.6. The van der Waals surface area contributed by atoms with Gasteiger partial charge in [0.1, 0.15) is 29.8 Å². The van der Waals surface area contributed by atoms with Crippen molar-refractivity contribution in [2.45, 2.75) is 24.1 Å². The van der Waals surface area contributed by atoms with Gasteiger partial charge >= 0.3 is 0 Å². The van der Waals surface area contributed by atoms with Crippen LogP contribution < -0.4 is 10.2 Å². The molecule has 2 aliphatic rings. The molecule has 3 aromatic carbocycles. The van der Waals surface area contributed by atoms with Crippen LogP contribution in [0.5, 0.6) is 0 Å². The lowest BCUT2D eigenvalue weighted by Crippen LogP contribution is -2.43. The van der Waals surface area contributed by atoms with Crippen molar-refractivity contribution in [2.75, 3.05) is 17.2 Å². The van der Waals surface area contributed by atoms with Crippen molar-refractivity contribution in [3.63, 3.8) is 0 Å². The molecule has 2 amide bonds. The van der Waals surface area contributed by atoms with Crippen LogP contribution in [0.3, 0.4) is 0 Å². The number of anilines is 1. The Hall–Kier alpha value is -4.05. The van der Waals surface area contributed by atoms with Crippen LogP contribution >= 0.6 is 11.8 Å². The van der Waals surface area contributed by atoms with Gasteiger partial charge in [-0.3, -0.25) is 14.5 Å². The minimum atomic E-state index is -0.751. The zero-order valence-corrected chi connectivity index (χ0v) is 21.4. The molecule has 0 bridgehead atoms. The van der Waals surface area contributed by atoms with Gasteiger partial charge in [-0.2, -0.15) is 5.10 Å². The van der Waals surface area contributed by atoms with Crippen molar-refractivity contribution in [1.82, 2.24) is 15.1 Å². The molecule has 1 fully saturated rings. The molecule has 1 N–H and O–H groups in total. The molecule has 1 aromatic heterocycles. The van der Waals surface area contributed by atoms with Gasteiger partial charge in [-0.25, -0.2) is 17.9 Å². The van der Waals surface area contributed by atoms with Crippen molar-refractivity contribution in [3.8, 4) is 16.9 Å². The Morgan fingerprint density at radius 1 is 0.974 bits per heavy atom. The third-order valence-corrected chi connectivity index (χ3v) is 7.93. The summed E-state index contributed by atoms with van der Waals surface area (Å²) < 4.78 is 44.5. The summed E-state index contributed by atoms with van der Waals surface area (Å²) in [5, 5.41) is 7.02. The standard InChI is InChI=1S/C29H23F3N4O2S/c30-18-6-11-21(12-7-18)36-29-26(27(34-36)17-4-2-1-3-5-17)28(22-13-8-19(31)14-23(22)32)39-16-25(38)35(29)15-24(37)33-20-9-10-20/h1-8,11-14,20,28H,9-10,15-16H2,(H,33,37). The first-order valence-electron chi connectivity index (χ1n) is 12.5. The maximum absolute atomic E-state index is 15.2. The number of hydrogen-bond acceptors (Lipinski definition) is 4. The molecule has 4 aromatic rings. The SMILES string of the molecule is O=C(CN1C(=O)CSC(c2ccc(F)cc2F)c2c(-c3ccccc3)nn(-c3ccc(F)cc3)c21)NC1CC1. The molecular formula is C29H23F3N4O2S. The summed E-state index contributed by atoms with van der Waals surface area (Å²) in [4.78, 5) is 27.9. The third kappa shape index (κ3) is 5.04. The topological polar surface area (TPSA) is 67.2 Å². The molecule has 1 saturated carbocycles. The number of nitrogens with zero attached hydrogens (tertiary/aromatic N) is 3. The van der Waals surface area contributed by atoms with Crippen molar-refractivity contribution in [2.24, 2.45) is 0 Å². The van der Waals surface area contributed by atoms with Crippen LogP contribution in [0.2, 0.25) is 0 Å². The number of benzene rings is 3. The van der Waals surface area contributed by atoms with Gasteiger partial charge in [0.25, 0.3) is 0 Å². The Kier molecular flexibility index (Phi) is 6.64. The van der Waals surface area contributed by atoms with E-state index < -0.39 is 22.7 Å². The first-order chi connectivity index (χ1) is 18.9. The van der Waals surface area contributed by atoms with Gasteiger partial charge < -0.3 is 5.32 Å². The van der Waals surface area contributed by atoms with E-state index in [1.54, 1.807) is 0 Å². The number of carbonyl (C=O) groups is 2. The minimum Gasteiger partial charge on any atom is -0.352 e. The van der Waals surface area contributed by atoms with Gasteiger partial charge in [0.15, 0.2) is 0 Å². The van der Waals surface area contributed by atoms with Crippen LogP contribution in [0.4, 0.5) is 19.0 Å². The lowest BCUT2D eigenvalue weighted by molar-refractivity contribution is -0.123. The fourth-order valence-electron chi connectivity index (χ4n) is 4.70. The second-order valence-corrected chi connectivity index (χ2v) is 10.6. The van der Waals surface area contributed by atoms with E-state index in [0.717, 1.165) is 18.9 Å². The van der Waals surface area contributed by atoms with E-state index >= 15 is 4.39 Å². The number of thioether (sulfide) groups is 1. The fraction of sp³-hybridized carbons (Fsp3) is 0.207. The first kappa shape index (κ1) is 25.2. The third-order valence-electron chi connectivity index (χ3n) is 6.70. The molecule has 6 nitrogen and oxygen atoms in total. The van der Waals surface area contributed by atoms with E-state index in [0.29, 0.717) is 22.5 Å². The maximum atomic E-state index is 15.2. The predicted molar refractivity (Wildman–Crippen MR) is 143 cm³/mol. The number of halogens is 3. The maximum Gasteiger partial charge on any atom is 0.240 e. The molecule has 0 spiro atoms. The number of fused-ring (bicyclic) bond motifs is 1. The molecular weight excluding hydrogens is 525 g/mol. The first-order valence-corrected chi connectivity index (χ1v) is 13.5. The van der Waals surface area contributed by atoms with Gasteiger partial charge in [-0.1, -0.05) is 36.4 Å².